The third-order valence-corrected chi connectivity index (χ3v) is 2.87. The number of benzene rings is 1. The summed E-state index contributed by atoms with van der Waals surface area (Å²) in [5, 5.41) is 3.08. The number of carbonyl (C=O) groups excluding carboxylic acids is 1. The van der Waals surface area contributed by atoms with Crippen molar-refractivity contribution in [1.82, 2.24) is 5.32 Å². The van der Waals surface area contributed by atoms with E-state index in [0.717, 1.165) is 11.1 Å². The number of aryl methyl sites for hydroxylation is 1. The van der Waals surface area contributed by atoms with Gasteiger partial charge in [0.15, 0.2) is 0 Å². The molecule has 1 atom stereocenters. The first-order chi connectivity index (χ1) is 7.56. The number of carbonyl (C=O) groups is 1. The molecule has 1 amide bonds. The minimum atomic E-state index is -0.403. The van der Waals surface area contributed by atoms with Gasteiger partial charge in [0.25, 0.3) is 0 Å². The average Bonchev–Trinajstić information content (AvgIpc) is 2.44. The summed E-state index contributed by atoms with van der Waals surface area (Å²) >= 11 is 0. The normalized spacial score (nSPS) is 19.1. The number of nitrogens with zero attached hydrogens (tertiary/aromatic N) is 1. The van der Waals surface area contributed by atoms with Crippen molar-refractivity contribution in [3.05, 3.63) is 29.1 Å². The van der Waals surface area contributed by atoms with Crippen LogP contribution >= 0.6 is 0 Å². The monoisotopic (exact) mass is 222 g/mol. The minimum Gasteiger partial charge on any atom is -0.311 e. The van der Waals surface area contributed by atoms with E-state index < -0.39 is 6.04 Å². The Bertz CT molecular complexity index is 445. The van der Waals surface area contributed by atoms with Crippen molar-refractivity contribution in [3.8, 4) is 0 Å². The van der Waals surface area contributed by atoms with Crippen LogP contribution in [0, 0.1) is 12.7 Å². The molecule has 0 aromatic heterocycles. The van der Waals surface area contributed by atoms with Gasteiger partial charge in [-0.1, -0.05) is 13.0 Å². The van der Waals surface area contributed by atoms with E-state index in [-0.39, 0.29) is 11.7 Å². The van der Waals surface area contributed by atoms with Crippen LogP contribution in [0.15, 0.2) is 12.1 Å². The van der Waals surface area contributed by atoms with Crippen LogP contribution in [0.4, 0.5) is 10.1 Å². The maximum Gasteiger partial charge on any atom is 0.248 e. The summed E-state index contributed by atoms with van der Waals surface area (Å²) in [5.41, 5.74) is 1.98. The lowest BCUT2D eigenvalue weighted by molar-refractivity contribution is -0.119. The van der Waals surface area contributed by atoms with Gasteiger partial charge in [0.2, 0.25) is 5.91 Å². The number of hydrogen-bond donors (Lipinski definition) is 1. The summed E-state index contributed by atoms with van der Waals surface area (Å²) in [6, 6.07) is 2.92. The van der Waals surface area contributed by atoms with Crippen molar-refractivity contribution >= 4 is 11.6 Å². The Labute approximate surface area is 94.3 Å². The molecule has 86 valence electrons. The molecule has 1 heterocycles. The highest BCUT2D eigenvalue weighted by Crippen LogP contribution is 2.37. The molecule has 0 radical (unpaired) electrons. The molecule has 16 heavy (non-hydrogen) atoms. The van der Waals surface area contributed by atoms with Crippen molar-refractivity contribution in [2.45, 2.75) is 19.9 Å². The van der Waals surface area contributed by atoms with Gasteiger partial charge >= 0.3 is 0 Å². The number of nitrogens with one attached hydrogen (secondary N) is 1. The number of halogens is 1. The molecule has 1 aliphatic rings. The van der Waals surface area contributed by atoms with Crippen LogP contribution in [0.2, 0.25) is 0 Å². The number of anilines is 1. The molecule has 4 heteroatoms. The predicted molar refractivity (Wildman–Crippen MR) is 61.0 cm³/mol. The van der Waals surface area contributed by atoms with E-state index in [1.807, 2.05) is 19.9 Å². The Morgan fingerprint density at radius 1 is 1.50 bits per heavy atom. The molecule has 0 saturated heterocycles. The van der Waals surface area contributed by atoms with Crippen LogP contribution in [0.5, 0.6) is 0 Å². The highest BCUT2D eigenvalue weighted by molar-refractivity contribution is 6.04. The molecule has 0 fully saturated rings. The summed E-state index contributed by atoms with van der Waals surface area (Å²) in [5.74, 6) is -0.424. The van der Waals surface area contributed by atoms with Crippen molar-refractivity contribution < 1.29 is 9.18 Å². The van der Waals surface area contributed by atoms with Crippen molar-refractivity contribution in [1.29, 1.82) is 0 Å². The molecule has 1 N–H and O–H groups in total. The van der Waals surface area contributed by atoms with Crippen LogP contribution in [-0.4, -0.2) is 19.5 Å². The van der Waals surface area contributed by atoms with Gasteiger partial charge in [-0.3, -0.25) is 4.79 Å². The van der Waals surface area contributed by atoms with E-state index in [4.69, 9.17) is 0 Å². The molecule has 0 bridgehead atoms. The molecule has 0 spiro atoms. The van der Waals surface area contributed by atoms with Gasteiger partial charge in [-0.15, -0.1) is 0 Å². The Balaban J connectivity index is 2.56. The second-order valence-corrected chi connectivity index (χ2v) is 4.07. The number of amides is 1. The molecule has 1 unspecified atom stereocenters. The molecular formula is C12H15FN2O. The molecule has 3 nitrogen and oxygen atoms in total. The molecule has 1 aromatic rings. The first kappa shape index (κ1) is 11.1. The van der Waals surface area contributed by atoms with Crippen LogP contribution in [-0.2, 0) is 4.79 Å². The summed E-state index contributed by atoms with van der Waals surface area (Å²) in [7, 11) is 1.61. The number of fused-ring (bicyclic) bond motifs is 1. The van der Waals surface area contributed by atoms with Gasteiger partial charge in [0.1, 0.15) is 11.9 Å². The lowest BCUT2D eigenvalue weighted by Gasteiger charge is -2.11. The van der Waals surface area contributed by atoms with Crippen LogP contribution < -0.4 is 10.2 Å². The lowest BCUT2D eigenvalue weighted by Crippen LogP contribution is -2.32. The van der Waals surface area contributed by atoms with E-state index >= 15 is 0 Å². The standard InChI is InChI=1S/C12H15FN2O/c1-4-14-10-8-5-7(2)6-9(13)11(8)15(3)12(10)16/h5-6,10,14H,4H2,1-3H3. The minimum absolute atomic E-state index is 0.0960. The second-order valence-electron chi connectivity index (χ2n) is 4.07. The quantitative estimate of drug-likeness (QED) is 0.827. The first-order valence-electron chi connectivity index (χ1n) is 5.37. The first-order valence-corrected chi connectivity index (χ1v) is 5.37. The SMILES string of the molecule is CCNC1C(=O)N(C)c2c(F)cc(C)cc21. The fourth-order valence-corrected chi connectivity index (χ4v) is 2.17. The second kappa shape index (κ2) is 3.87. The Hall–Kier alpha value is -1.42. The zero-order valence-corrected chi connectivity index (χ0v) is 9.67. The molecular weight excluding hydrogens is 207 g/mol. The Morgan fingerprint density at radius 3 is 2.81 bits per heavy atom. The fraction of sp³-hybridized carbons (Fsp3) is 0.417. The van der Waals surface area contributed by atoms with Crippen molar-refractivity contribution in [2.75, 3.05) is 18.5 Å². The fourth-order valence-electron chi connectivity index (χ4n) is 2.17. The molecule has 0 saturated carbocycles. The smallest absolute Gasteiger partial charge is 0.248 e. The number of likely N-dealkylation sites (N-methyl/N-ethyl adjacent to an activating group) is 2. The summed E-state index contributed by atoms with van der Waals surface area (Å²) in [6.45, 7) is 4.44. The van der Waals surface area contributed by atoms with Crippen LogP contribution in [0.3, 0.4) is 0 Å². The van der Waals surface area contributed by atoms with Gasteiger partial charge in [-0.05, 0) is 25.1 Å². The molecule has 1 aliphatic heterocycles. The number of hydrogen-bond acceptors (Lipinski definition) is 2. The Kier molecular flexibility index (Phi) is 2.68. The lowest BCUT2D eigenvalue weighted by atomic mass is 10.0. The van der Waals surface area contributed by atoms with Gasteiger partial charge in [-0.2, -0.15) is 0 Å². The predicted octanol–water partition coefficient (Wildman–Crippen LogP) is 1.76. The van der Waals surface area contributed by atoms with E-state index in [0.29, 0.717) is 12.2 Å². The largest absolute Gasteiger partial charge is 0.311 e. The van der Waals surface area contributed by atoms with E-state index in [2.05, 4.69) is 5.32 Å². The van der Waals surface area contributed by atoms with Gasteiger partial charge in [0, 0.05) is 12.6 Å². The molecule has 0 aliphatic carbocycles. The highest BCUT2D eigenvalue weighted by atomic mass is 19.1. The zero-order valence-electron chi connectivity index (χ0n) is 9.67. The van der Waals surface area contributed by atoms with E-state index in [9.17, 15) is 9.18 Å². The average molecular weight is 222 g/mol. The summed E-state index contributed by atoms with van der Waals surface area (Å²) < 4.78 is 13.8. The van der Waals surface area contributed by atoms with E-state index in [1.165, 1.54) is 11.0 Å². The topological polar surface area (TPSA) is 32.3 Å². The summed E-state index contributed by atoms with van der Waals surface area (Å²) in [4.78, 5) is 13.3. The zero-order chi connectivity index (χ0) is 11.9. The third-order valence-electron chi connectivity index (χ3n) is 2.87. The van der Waals surface area contributed by atoms with Crippen LogP contribution in [0.25, 0.3) is 0 Å². The maximum absolute atomic E-state index is 13.8. The molecule has 1 aromatic carbocycles. The van der Waals surface area contributed by atoms with Crippen LogP contribution in [0.1, 0.15) is 24.1 Å². The van der Waals surface area contributed by atoms with Crippen molar-refractivity contribution in [3.63, 3.8) is 0 Å². The van der Waals surface area contributed by atoms with Gasteiger partial charge < -0.3 is 10.2 Å². The Morgan fingerprint density at radius 2 is 2.19 bits per heavy atom. The van der Waals surface area contributed by atoms with E-state index in [1.54, 1.807) is 7.05 Å². The third kappa shape index (κ3) is 1.50. The highest BCUT2D eigenvalue weighted by Gasteiger charge is 2.36. The van der Waals surface area contributed by atoms with Crippen molar-refractivity contribution in [2.24, 2.45) is 0 Å². The van der Waals surface area contributed by atoms with Gasteiger partial charge in [-0.25, -0.2) is 4.39 Å². The number of rotatable bonds is 2. The maximum atomic E-state index is 13.8. The molecule has 2 rings (SSSR count). The van der Waals surface area contributed by atoms with Gasteiger partial charge in [0.05, 0.1) is 5.69 Å². The summed E-state index contributed by atoms with van der Waals surface area (Å²) in [6.07, 6.45) is 0.